The minimum atomic E-state index is -0.257. The molecule has 2 atom stereocenters. The summed E-state index contributed by atoms with van der Waals surface area (Å²) in [6.07, 6.45) is 6.12. The lowest BCUT2D eigenvalue weighted by Crippen LogP contribution is -2.26. The fourth-order valence-electron chi connectivity index (χ4n) is 2.81. The second-order valence-corrected chi connectivity index (χ2v) is 6.89. The summed E-state index contributed by atoms with van der Waals surface area (Å²) in [5.74, 6) is 1.64. The van der Waals surface area contributed by atoms with E-state index in [1.54, 1.807) is 7.11 Å². The van der Waals surface area contributed by atoms with Gasteiger partial charge in [-0.05, 0) is 24.2 Å². The lowest BCUT2D eigenvalue weighted by molar-refractivity contribution is 0.0273. The van der Waals surface area contributed by atoms with Gasteiger partial charge in [0, 0.05) is 7.11 Å². The van der Waals surface area contributed by atoms with Gasteiger partial charge in [-0.15, -0.1) is 0 Å². The fraction of sp³-hybridized carbons (Fsp3) is 0.867. The Labute approximate surface area is 121 Å². The molecule has 2 rings (SSSR count). The molecular formula is C15H27N3O2. The maximum atomic E-state index is 6.17. The first-order valence-electron chi connectivity index (χ1n) is 7.55. The largest absolute Gasteiger partial charge is 0.373 e. The van der Waals surface area contributed by atoms with Crippen molar-refractivity contribution >= 4 is 0 Å². The van der Waals surface area contributed by atoms with E-state index in [0.717, 1.165) is 0 Å². The molecule has 1 aromatic rings. The average molecular weight is 281 g/mol. The molecule has 2 N–H and O–H groups in total. The van der Waals surface area contributed by atoms with Crippen LogP contribution in [0.5, 0.6) is 0 Å². The molecule has 0 amide bonds. The Hall–Kier alpha value is -0.940. The Morgan fingerprint density at radius 2 is 1.90 bits per heavy atom. The molecule has 114 valence electrons. The average Bonchev–Trinajstić information content (AvgIpc) is 2.88. The van der Waals surface area contributed by atoms with E-state index >= 15 is 0 Å². The summed E-state index contributed by atoms with van der Waals surface area (Å²) >= 11 is 0. The van der Waals surface area contributed by atoms with E-state index in [2.05, 4.69) is 30.9 Å². The standard InChI is InChI=1S/C15H27N3O2/c1-15(2,3)12(16)14-17-13(18-20-14)11(19-4)10-8-6-5-7-9-10/h10-12H,5-9,16H2,1-4H3/t11?,12-/m0/s1. The molecule has 20 heavy (non-hydrogen) atoms. The van der Waals surface area contributed by atoms with Gasteiger partial charge in [-0.2, -0.15) is 4.98 Å². The second-order valence-electron chi connectivity index (χ2n) is 6.89. The number of hydrogen-bond donors (Lipinski definition) is 1. The molecule has 1 fully saturated rings. The monoisotopic (exact) mass is 281 g/mol. The summed E-state index contributed by atoms with van der Waals surface area (Å²) in [4.78, 5) is 4.50. The molecule has 5 nitrogen and oxygen atoms in total. The zero-order valence-corrected chi connectivity index (χ0v) is 13.1. The van der Waals surface area contributed by atoms with E-state index < -0.39 is 0 Å². The molecule has 1 aliphatic carbocycles. The molecule has 0 bridgehead atoms. The van der Waals surface area contributed by atoms with E-state index in [0.29, 0.717) is 17.6 Å². The number of nitrogens with two attached hydrogens (primary N) is 1. The zero-order chi connectivity index (χ0) is 14.8. The lowest BCUT2D eigenvalue weighted by Gasteiger charge is -2.27. The summed E-state index contributed by atoms with van der Waals surface area (Å²) in [7, 11) is 1.72. The van der Waals surface area contributed by atoms with Crippen LogP contribution in [-0.2, 0) is 4.74 Å². The quantitative estimate of drug-likeness (QED) is 0.915. The van der Waals surface area contributed by atoms with Gasteiger partial charge < -0.3 is 15.0 Å². The summed E-state index contributed by atoms with van der Waals surface area (Å²) in [5.41, 5.74) is 6.07. The van der Waals surface area contributed by atoms with Gasteiger partial charge >= 0.3 is 0 Å². The highest BCUT2D eigenvalue weighted by Gasteiger charge is 2.32. The van der Waals surface area contributed by atoms with Crippen molar-refractivity contribution in [3.8, 4) is 0 Å². The summed E-state index contributed by atoms with van der Waals surface area (Å²) < 4.78 is 11.0. The smallest absolute Gasteiger partial charge is 0.244 e. The van der Waals surface area contributed by atoms with E-state index in [1.165, 1.54) is 32.1 Å². The van der Waals surface area contributed by atoms with Crippen molar-refractivity contribution in [2.45, 2.75) is 65.0 Å². The van der Waals surface area contributed by atoms with E-state index in [1.807, 2.05) is 0 Å². The highest BCUT2D eigenvalue weighted by atomic mass is 16.5. The highest BCUT2D eigenvalue weighted by molar-refractivity contribution is 5.00. The SMILES string of the molecule is COC(c1noc([C@H](N)C(C)(C)C)n1)C1CCCCC1. The topological polar surface area (TPSA) is 74.2 Å². The van der Waals surface area contributed by atoms with Gasteiger partial charge in [0.1, 0.15) is 6.10 Å². The fourth-order valence-corrected chi connectivity index (χ4v) is 2.81. The van der Waals surface area contributed by atoms with Crippen LogP contribution in [0.1, 0.15) is 76.7 Å². The molecule has 5 heteroatoms. The number of nitrogens with zero attached hydrogens (tertiary/aromatic N) is 2. The van der Waals surface area contributed by atoms with E-state index in [-0.39, 0.29) is 17.6 Å². The van der Waals surface area contributed by atoms with Crippen molar-refractivity contribution in [2.75, 3.05) is 7.11 Å². The van der Waals surface area contributed by atoms with Gasteiger partial charge in [0.25, 0.3) is 0 Å². The first-order chi connectivity index (χ1) is 9.43. The third kappa shape index (κ3) is 3.38. The minimum absolute atomic E-state index is 0.0695. The molecule has 0 radical (unpaired) electrons. The van der Waals surface area contributed by atoms with Crippen molar-refractivity contribution in [1.82, 2.24) is 10.1 Å². The normalized spacial score (nSPS) is 20.9. The molecule has 1 aromatic heterocycles. The number of aromatic nitrogens is 2. The summed E-state index contributed by atoms with van der Waals surface area (Å²) in [5, 5.41) is 4.11. The van der Waals surface area contributed by atoms with Crippen LogP contribution in [0.25, 0.3) is 0 Å². The Morgan fingerprint density at radius 1 is 1.25 bits per heavy atom. The summed E-state index contributed by atoms with van der Waals surface area (Å²) in [6, 6.07) is -0.257. The van der Waals surface area contributed by atoms with Crippen molar-refractivity contribution in [1.29, 1.82) is 0 Å². The van der Waals surface area contributed by atoms with Gasteiger partial charge in [0.15, 0.2) is 0 Å². The third-order valence-electron chi connectivity index (χ3n) is 4.24. The Morgan fingerprint density at radius 3 is 2.45 bits per heavy atom. The van der Waals surface area contributed by atoms with Crippen LogP contribution in [-0.4, -0.2) is 17.3 Å². The molecule has 0 saturated heterocycles. The number of hydrogen-bond acceptors (Lipinski definition) is 5. The molecule has 0 aliphatic heterocycles. The van der Waals surface area contributed by atoms with Gasteiger partial charge in [-0.3, -0.25) is 0 Å². The first kappa shape index (κ1) is 15.4. The number of methoxy groups -OCH3 is 1. The second kappa shape index (κ2) is 6.22. The third-order valence-corrected chi connectivity index (χ3v) is 4.24. The summed E-state index contributed by atoms with van der Waals surface area (Å²) in [6.45, 7) is 6.20. The van der Waals surface area contributed by atoms with Crippen molar-refractivity contribution in [3.63, 3.8) is 0 Å². The van der Waals surface area contributed by atoms with Crippen molar-refractivity contribution in [2.24, 2.45) is 17.1 Å². The molecule has 1 saturated carbocycles. The van der Waals surface area contributed by atoms with Crippen molar-refractivity contribution < 1.29 is 9.26 Å². The van der Waals surface area contributed by atoms with Gasteiger partial charge in [-0.1, -0.05) is 45.2 Å². The van der Waals surface area contributed by atoms with Gasteiger partial charge in [-0.25, -0.2) is 0 Å². The van der Waals surface area contributed by atoms with E-state index in [9.17, 15) is 0 Å². The number of rotatable bonds is 4. The van der Waals surface area contributed by atoms with Crippen LogP contribution in [0.15, 0.2) is 4.52 Å². The van der Waals surface area contributed by atoms with E-state index in [4.69, 9.17) is 15.0 Å². The van der Waals surface area contributed by atoms with Crippen LogP contribution in [0.4, 0.5) is 0 Å². The predicted octanol–water partition coefficient (Wildman–Crippen LogP) is 3.38. The van der Waals surface area contributed by atoms with Gasteiger partial charge in [0.2, 0.25) is 11.7 Å². The molecule has 0 aromatic carbocycles. The zero-order valence-electron chi connectivity index (χ0n) is 13.1. The maximum Gasteiger partial charge on any atom is 0.244 e. The molecule has 0 spiro atoms. The Balaban J connectivity index is 2.13. The molecule has 1 unspecified atom stereocenters. The van der Waals surface area contributed by atoms with Crippen LogP contribution in [0.3, 0.4) is 0 Å². The minimum Gasteiger partial charge on any atom is -0.373 e. The Kier molecular flexibility index (Phi) is 4.81. The number of ether oxygens (including phenoxy) is 1. The highest BCUT2D eigenvalue weighted by Crippen LogP contribution is 2.36. The maximum absolute atomic E-state index is 6.17. The first-order valence-corrected chi connectivity index (χ1v) is 7.55. The molecule has 1 aliphatic rings. The molecule has 1 heterocycles. The van der Waals surface area contributed by atoms with Gasteiger partial charge in [0.05, 0.1) is 6.04 Å². The lowest BCUT2D eigenvalue weighted by atomic mass is 9.85. The predicted molar refractivity (Wildman–Crippen MR) is 77.0 cm³/mol. The Bertz CT molecular complexity index is 419. The van der Waals surface area contributed by atoms with Crippen LogP contribution in [0, 0.1) is 11.3 Å². The van der Waals surface area contributed by atoms with Crippen LogP contribution in [0.2, 0.25) is 0 Å². The van der Waals surface area contributed by atoms with Crippen LogP contribution >= 0.6 is 0 Å². The van der Waals surface area contributed by atoms with Crippen molar-refractivity contribution in [3.05, 3.63) is 11.7 Å². The van der Waals surface area contributed by atoms with Crippen LogP contribution < -0.4 is 5.73 Å². The molecular weight excluding hydrogens is 254 g/mol.